The van der Waals surface area contributed by atoms with E-state index in [-0.39, 0.29) is 4.11 Å². The van der Waals surface area contributed by atoms with Gasteiger partial charge >= 0.3 is 7.48 Å². The predicted molar refractivity (Wildman–Crippen MR) is 51.1 cm³/mol. The molecule has 0 fully saturated rings. The van der Waals surface area contributed by atoms with E-state index in [1.807, 2.05) is 0 Å². The zero-order chi connectivity index (χ0) is 6.97. The molecule has 0 saturated carbocycles. The highest BCUT2D eigenvalue weighted by Crippen LogP contribution is 2.26. The van der Waals surface area contributed by atoms with Crippen molar-refractivity contribution < 1.29 is 4.65 Å². The minimum atomic E-state index is 0.272. The summed E-state index contributed by atoms with van der Waals surface area (Å²) >= 11 is 2.30. The highest BCUT2D eigenvalue weighted by Gasteiger charge is 2.19. The highest BCUT2D eigenvalue weighted by atomic mass is 127. The first kappa shape index (κ1) is 6.67. The molecule has 1 aliphatic heterocycles. The Bertz CT molecular complexity index is 251. The Hall–Kier alpha value is -0.0251. The normalized spacial score (nSPS) is 21.9. The molecule has 1 atom stereocenters. The van der Waals surface area contributed by atoms with Gasteiger partial charge in [0.2, 0.25) is 0 Å². The summed E-state index contributed by atoms with van der Waals surface area (Å²) in [6, 6.07) is 8.35. The van der Waals surface area contributed by atoms with Crippen molar-refractivity contribution in [2.24, 2.45) is 0 Å². The Morgan fingerprint density at radius 3 is 3.00 bits per heavy atom. The molecule has 3 heteroatoms. The number of alkyl halides is 1. The van der Waals surface area contributed by atoms with E-state index in [0.29, 0.717) is 0 Å². The van der Waals surface area contributed by atoms with Crippen molar-refractivity contribution in [1.29, 1.82) is 0 Å². The molecule has 0 amide bonds. The minimum Gasteiger partial charge on any atom is -0.420 e. The molecule has 1 aliphatic rings. The molecule has 0 spiro atoms. The topological polar surface area (TPSA) is 9.23 Å². The third-order valence-corrected chi connectivity index (χ3v) is 2.72. The van der Waals surface area contributed by atoms with Crippen molar-refractivity contribution in [3.63, 3.8) is 0 Å². The number of hydrogen-bond donors (Lipinski definition) is 0. The number of fused-ring (bicyclic) bond motifs is 1. The fraction of sp³-hybridized carbons (Fsp3) is 0.143. The van der Waals surface area contributed by atoms with E-state index < -0.39 is 0 Å². The lowest BCUT2D eigenvalue weighted by Crippen LogP contribution is -2.09. The van der Waals surface area contributed by atoms with E-state index in [9.17, 15) is 0 Å². The van der Waals surface area contributed by atoms with Crippen LogP contribution in [0, 0.1) is 0 Å². The molecule has 2 rings (SSSR count). The Morgan fingerprint density at radius 1 is 1.40 bits per heavy atom. The molecule has 0 aromatic heterocycles. The molecule has 1 nitrogen and oxygen atoms in total. The Morgan fingerprint density at radius 2 is 2.20 bits per heavy atom. The second-order valence-electron chi connectivity index (χ2n) is 2.33. The van der Waals surface area contributed by atoms with E-state index in [0.717, 1.165) is 7.48 Å². The first-order chi connectivity index (χ1) is 4.88. The van der Waals surface area contributed by atoms with Crippen molar-refractivity contribution in [2.75, 3.05) is 0 Å². The average molecular weight is 244 g/mol. The van der Waals surface area contributed by atoms with Crippen molar-refractivity contribution in [3.8, 4) is 0 Å². The molecular weight excluding hydrogens is 238 g/mol. The van der Waals surface area contributed by atoms with Gasteiger partial charge in [-0.2, -0.15) is 0 Å². The van der Waals surface area contributed by atoms with Gasteiger partial charge in [0.25, 0.3) is 0 Å². The third-order valence-electron chi connectivity index (χ3n) is 1.68. The summed E-state index contributed by atoms with van der Waals surface area (Å²) in [5.41, 5.74) is 2.67. The summed E-state index contributed by atoms with van der Waals surface area (Å²) in [4.78, 5) is 0. The summed E-state index contributed by atoms with van der Waals surface area (Å²) in [6.45, 7) is 0. The number of halogens is 1. The van der Waals surface area contributed by atoms with Crippen LogP contribution in [0.3, 0.4) is 0 Å². The van der Waals surface area contributed by atoms with Crippen LogP contribution in [0.2, 0.25) is 0 Å². The molecule has 1 heterocycles. The first-order valence-corrected chi connectivity index (χ1v) is 4.46. The van der Waals surface area contributed by atoms with Crippen LogP contribution in [0.25, 0.3) is 0 Å². The van der Waals surface area contributed by atoms with Crippen LogP contribution in [-0.2, 0) is 4.65 Å². The average Bonchev–Trinajstić information content (AvgIpc) is 2.34. The third kappa shape index (κ3) is 0.972. The van der Waals surface area contributed by atoms with Crippen molar-refractivity contribution in [1.82, 2.24) is 0 Å². The van der Waals surface area contributed by atoms with Crippen LogP contribution in [0.15, 0.2) is 24.3 Å². The summed E-state index contributed by atoms with van der Waals surface area (Å²) in [5, 5.41) is 0. The molecule has 0 N–H and O–H groups in total. The molecule has 1 unspecified atom stereocenters. The van der Waals surface area contributed by atoms with Crippen LogP contribution >= 0.6 is 22.6 Å². The van der Waals surface area contributed by atoms with Gasteiger partial charge in [0.05, 0.1) is 0 Å². The van der Waals surface area contributed by atoms with Crippen LogP contribution in [-0.4, -0.2) is 7.48 Å². The van der Waals surface area contributed by atoms with Gasteiger partial charge in [-0.25, -0.2) is 0 Å². The lowest BCUT2D eigenvalue weighted by molar-refractivity contribution is 0.350. The monoisotopic (exact) mass is 244 g/mol. The van der Waals surface area contributed by atoms with E-state index in [4.69, 9.17) is 4.65 Å². The van der Waals surface area contributed by atoms with Crippen LogP contribution in [0.4, 0.5) is 0 Å². The number of rotatable bonds is 0. The Balaban J connectivity index is 2.51. The van der Waals surface area contributed by atoms with E-state index in [1.165, 1.54) is 11.0 Å². The smallest absolute Gasteiger partial charge is 0.310 e. The van der Waals surface area contributed by atoms with Crippen LogP contribution in [0.1, 0.15) is 9.67 Å². The molecule has 0 radical (unpaired) electrons. The maximum absolute atomic E-state index is 5.41. The zero-order valence-corrected chi connectivity index (χ0v) is 7.54. The van der Waals surface area contributed by atoms with Gasteiger partial charge in [-0.1, -0.05) is 24.3 Å². The quantitative estimate of drug-likeness (QED) is 0.377. The maximum Gasteiger partial charge on any atom is 0.310 e. The maximum atomic E-state index is 5.41. The van der Waals surface area contributed by atoms with Crippen LogP contribution < -0.4 is 5.46 Å². The van der Waals surface area contributed by atoms with Gasteiger partial charge in [0.1, 0.15) is 4.11 Å². The molecule has 10 heavy (non-hydrogen) atoms. The summed E-state index contributed by atoms with van der Waals surface area (Å²) in [6.07, 6.45) is 0. The number of benzene rings is 1. The fourth-order valence-corrected chi connectivity index (χ4v) is 1.93. The predicted octanol–water partition coefficient (Wildman–Crippen LogP) is 1.13. The zero-order valence-electron chi connectivity index (χ0n) is 5.38. The molecule has 1 aromatic rings. The SMILES string of the molecule is IC1OBc2ccccc21. The van der Waals surface area contributed by atoms with Crippen molar-refractivity contribution >= 4 is 35.5 Å². The molecule has 0 saturated heterocycles. The lowest BCUT2D eigenvalue weighted by atomic mass is 9.88. The van der Waals surface area contributed by atoms with E-state index in [1.54, 1.807) is 0 Å². The fourth-order valence-electron chi connectivity index (χ4n) is 1.14. The highest BCUT2D eigenvalue weighted by molar-refractivity contribution is 14.1. The summed E-state index contributed by atoms with van der Waals surface area (Å²) < 4.78 is 5.68. The van der Waals surface area contributed by atoms with Gasteiger partial charge in [-0.3, -0.25) is 0 Å². The number of hydrogen-bond acceptors (Lipinski definition) is 1. The molecule has 50 valence electrons. The lowest BCUT2D eigenvalue weighted by Gasteiger charge is -2.00. The van der Waals surface area contributed by atoms with E-state index in [2.05, 4.69) is 46.9 Å². The Labute approximate surface area is 74.2 Å². The van der Waals surface area contributed by atoms with Gasteiger partial charge in [0.15, 0.2) is 0 Å². The second kappa shape index (κ2) is 2.55. The van der Waals surface area contributed by atoms with Gasteiger partial charge in [-0.05, 0) is 33.6 Å². The minimum absolute atomic E-state index is 0.272. The molecular formula is C7H6BIO. The Kier molecular flexibility index (Phi) is 1.70. The van der Waals surface area contributed by atoms with Crippen molar-refractivity contribution in [3.05, 3.63) is 29.8 Å². The second-order valence-corrected chi connectivity index (χ2v) is 3.46. The van der Waals surface area contributed by atoms with Crippen LogP contribution in [0.5, 0.6) is 0 Å². The largest absolute Gasteiger partial charge is 0.420 e. The molecule has 1 aromatic carbocycles. The summed E-state index contributed by atoms with van der Waals surface area (Å²) in [7, 11) is 0.782. The first-order valence-electron chi connectivity index (χ1n) is 3.21. The molecule has 0 bridgehead atoms. The van der Waals surface area contributed by atoms with Gasteiger partial charge in [0, 0.05) is 0 Å². The van der Waals surface area contributed by atoms with Gasteiger partial charge in [-0.15, -0.1) is 0 Å². The van der Waals surface area contributed by atoms with Gasteiger partial charge < -0.3 is 4.65 Å². The standard InChI is InChI=1S/C7H6BIO/c9-7-5-3-1-2-4-6(5)8-10-7/h1-4,7-8H. The van der Waals surface area contributed by atoms with Crippen molar-refractivity contribution in [2.45, 2.75) is 4.11 Å². The molecule has 0 aliphatic carbocycles. The summed E-state index contributed by atoms with van der Waals surface area (Å²) in [5.74, 6) is 0. The van der Waals surface area contributed by atoms with E-state index >= 15 is 0 Å².